The predicted molar refractivity (Wildman–Crippen MR) is 106 cm³/mol. The summed E-state index contributed by atoms with van der Waals surface area (Å²) in [5.41, 5.74) is 4.69. The quantitative estimate of drug-likeness (QED) is 0.734. The van der Waals surface area contributed by atoms with E-state index in [1.807, 2.05) is 42.2 Å². The zero-order valence-corrected chi connectivity index (χ0v) is 15.7. The van der Waals surface area contributed by atoms with E-state index in [9.17, 15) is 4.79 Å². The Hall–Kier alpha value is -2.92. The van der Waals surface area contributed by atoms with Gasteiger partial charge in [0.05, 0.1) is 0 Å². The first-order valence-corrected chi connectivity index (χ1v) is 9.21. The lowest BCUT2D eigenvalue weighted by Crippen LogP contribution is -2.36. The molecule has 136 valence electrons. The Labute approximate surface area is 163 Å². The van der Waals surface area contributed by atoms with Crippen molar-refractivity contribution in [3.05, 3.63) is 82.0 Å². The van der Waals surface area contributed by atoms with Crippen LogP contribution in [0.15, 0.2) is 54.6 Å². The third kappa shape index (κ3) is 3.78. The summed E-state index contributed by atoms with van der Waals surface area (Å²) in [7, 11) is 0. The smallest absolute Gasteiger partial charge is 0.274 e. The highest BCUT2D eigenvalue weighted by molar-refractivity contribution is 6.31. The molecule has 1 aliphatic heterocycles. The first-order valence-electron chi connectivity index (χ1n) is 8.83. The second kappa shape index (κ2) is 7.37. The zero-order valence-electron chi connectivity index (χ0n) is 14.9. The molecule has 0 atom stereocenters. The van der Waals surface area contributed by atoms with Crippen LogP contribution in [0.5, 0.6) is 0 Å². The summed E-state index contributed by atoms with van der Waals surface area (Å²) in [4.78, 5) is 14.6. The molecule has 0 radical (unpaired) electrons. The number of nitrogens with zero attached hydrogens (tertiary/aromatic N) is 3. The van der Waals surface area contributed by atoms with E-state index in [-0.39, 0.29) is 5.91 Å². The van der Waals surface area contributed by atoms with Crippen molar-refractivity contribution in [3.8, 4) is 0 Å². The van der Waals surface area contributed by atoms with Gasteiger partial charge in [0.1, 0.15) is 0 Å². The van der Waals surface area contributed by atoms with Crippen molar-refractivity contribution in [2.24, 2.45) is 0 Å². The lowest BCUT2D eigenvalue weighted by molar-refractivity contribution is 0.0727. The van der Waals surface area contributed by atoms with Crippen LogP contribution < -0.4 is 5.32 Å². The molecule has 3 aromatic rings. The molecule has 2 aromatic carbocycles. The van der Waals surface area contributed by atoms with Gasteiger partial charge in [0.25, 0.3) is 5.91 Å². The lowest BCUT2D eigenvalue weighted by atomic mass is 10.00. The molecule has 0 saturated heterocycles. The first kappa shape index (κ1) is 17.5. The molecule has 0 unspecified atom stereocenters. The van der Waals surface area contributed by atoms with Gasteiger partial charge in [-0.25, -0.2) is 0 Å². The van der Waals surface area contributed by atoms with E-state index in [0.717, 1.165) is 17.7 Å². The van der Waals surface area contributed by atoms with Crippen LogP contribution in [0.1, 0.15) is 27.2 Å². The number of hydrogen-bond acceptors (Lipinski definition) is 4. The van der Waals surface area contributed by atoms with Gasteiger partial charge in [0.15, 0.2) is 11.5 Å². The Morgan fingerprint density at radius 1 is 1.07 bits per heavy atom. The van der Waals surface area contributed by atoms with Crippen LogP contribution in [0.2, 0.25) is 5.02 Å². The summed E-state index contributed by atoms with van der Waals surface area (Å²) in [5.74, 6) is 0.470. The highest BCUT2D eigenvalue weighted by Crippen LogP contribution is 2.23. The van der Waals surface area contributed by atoms with E-state index in [1.54, 1.807) is 12.1 Å². The maximum atomic E-state index is 12.7. The summed E-state index contributed by atoms with van der Waals surface area (Å²) in [6.45, 7) is 3.25. The maximum absolute atomic E-state index is 12.7. The minimum absolute atomic E-state index is 0.0954. The lowest BCUT2D eigenvalue weighted by Gasteiger charge is -2.28. The number of rotatable bonds is 3. The number of aryl methyl sites for hydroxylation is 1. The van der Waals surface area contributed by atoms with Crippen molar-refractivity contribution in [2.45, 2.75) is 19.9 Å². The second-order valence-corrected chi connectivity index (χ2v) is 7.05. The Bertz CT molecular complexity index is 988. The Balaban J connectivity index is 1.46. The number of anilines is 2. The van der Waals surface area contributed by atoms with Crippen LogP contribution in [-0.2, 0) is 13.0 Å². The molecule has 0 fully saturated rings. The summed E-state index contributed by atoms with van der Waals surface area (Å²) >= 11 is 6.14. The van der Waals surface area contributed by atoms with E-state index >= 15 is 0 Å². The fourth-order valence-corrected chi connectivity index (χ4v) is 3.34. The average Bonchev–Trinajstić information content (AvgIpc) is 2.70. The van der Waals surface area contributed by atoms with Gasteiger partial charge in [-0.3, -0.25) is 4.79 Å². The molecule has 0 spiro atoms. The summed E-state index contributed by atoms with van der Waals surface area (Å²) in [6, 6.07) is 17.4. The summed E-state index contributed by atoms with van der Waals surface area (Å²) in [6.07, 6.45) is 0.864. The third-order valence-corrected chi connectivity index (χ3v) is 5.15. The minimum atomic E-state index is -0.0954. The van der Waals surface area contributed by atoms with Gasteiger partial charge < -0.3 is 10.2 Å². The number of carbonyl (C=O) groups excluding carboxylic acids is 1. The highest BCUT2D eigenvalue weighted by Gasteiger charge is 2.22. The molecule has 0 bridgehead atoms. The van der Waals surface area contributed by atoms with Gasteiger partial charge in [0.2, 0.25) is 0 Å². The van der Waals surface area contributed by atoms with E-state index in [0.29, 0.717) is 29.6 Å². The molecular formula is C21H19ClN4O. The maximum Gasteiger partial charge on any atom is 0.274 e. The molecular weight excluding hydrogens is 360 g/mol. The monoisotopic (exact) mass is 378 g/mol. The molecule has 6 heteroatoms. The predicted octanol–water partition coefficient (Wildman–Crippen LogP) is 4.38. The number of fused-ring (bicyclic) bond motifs is 1. The van der Waals surface area contributed by atoms with Crippen molar-refractivity contribution in [1.82, 2.24) is 15.1 Å². The molecule has 5 nitrogen and oxygen atoms in total. The summed E-state index contributed by atoms with van der Waals surface area (Å²) < 4.78 is 0. The largest absolute Gasteiger partial charge is 0.339 e. The number of aromatic nitrogens is 2. The fourth-order valence-electron chi connectivity index (χ4n) is 3.16. The Morgan fingerprint density at radius 3 is 2.63 bits per heavy atom. The topological polar surface area (TPSA) is 58.1 Å². The molecule has 1 aliphatic rings. The van der Waals surface area contributed by atoms with E-state index < -0.39 is 0 Å². The standard InChI is InChI=1S/C21H19ClN4O/c1-14-6-7-17(12-18(14)22)23-20-9-8-19(24-25-20)21(27)26-11-10-15-4-2-3-5-16(15)13-26/h2-9,12H,10-11,13H2,1H3,(H,23,25). The molecule has 2 heterocycles. The van der Waals surface area contributed by atoms with Crippen LogP contribution in [0.4, 0.5) is 11.5 Å². The van der Waals surface area contributed by atoms with Crippen molar-refractivity contribution < 1.29 is 4.79 Å². The number of benzene rings is 2. The molecule has 1 amide bonds. The molecule has 27 heavy (non-hydrogen) atoms. The van der Waals surface area contributed by atoms with Crippen molar-refractivity contribution in [1.29, 1.82) is 0 Å². The van der Waals surface area contributed by atoms with Crippen molar-refractivity contribution >= 4 is 29.0 Å². The van der Waals surface area contributed by atoms with Crippen molar-refractivity contribution in [2.75, 3.05) is 11.9 Å². The normalized spacial score (nSPS) is 13.2. The number of amides is 1. The Morgan fingerprint density at radius 2 is 1.89 bits per heavy atom. The first-order chi connectivity index (χ1) is 13.1. The average molecular weight is 379 g/mol. The van der Waals surface area contributed by atoms with E-state index in [2.05, 4.69) is 27.6 Å². The van der Waals surface area contributed by atoms with Crippen molar-refractivity contribution in [3.63, 3.8) is 0 Å². The van der Waals surface area contributed by atoms with Gasteiger partial charge >= 0.3 is 0 Å². The number of halogens is 1. The van der Waals surface area contributed by atoms with Crippen LogP contribution in [0.3, 0.4) is 0 Å². The van der Waals surface area contributed by atoms with E-state index in [4.69, 9.17) is 11.6 Å². The van der Waals surface area contributed by atoms with Crippen LogP contribution in [0, 0.1) is 6.92 Å². The van der Waals surface area contributed by atoms with Gasteiger partial charge in [-0.1, -0.05) is 41.9 Å². The van der Waals surface area contributed by atoms with Crippen LogP contribution in [-0.4, -0.2) is 27.5 Å². The van der Waals surface area contributed by atoms with E-state index in [1.165, 1.54) is 11.1 Å². The van der Waals surface area contributed by atoms with Crippen LogP contribution >= 0.6 is 11.6 Å². The second-order valence-electron chi connectivity index (χ2n) is 6.64. The highest BCUT2D eigenvalue weighted by atomic mass is 35.5. The van der Waals surface area contributed by atoms with Gasteiger partial charge in [-0.2, -0.15) is 0 Å². The van der Waals surface area contributed by atoms with Crippen LogP contribution in [0.25, 0.3) is 0 Å². The SMILES string of the molecule is Cc1ccc(Nc2ccc(C(=O)N3CCc4ccccc4C3)nn2)cc1Cl. The number of hydrogen-bond donors (Lipinski definition) is 1. The molecule has 4 rings (SSSR count). The zero-order chi connectivity index (χ0) is 18.8. The molecule has 0 saturated carbocycles. The molecule has 0 aliphatic carbocycles. The minimum Gasteiger partial charge on any atom is -0.339 e. The molecule has 1 N–H and O–H groups in total. The molecule has 1 aromatic heterocycles. The van der Waals surface area contributed by atoms with Gasteiger partial charge in [-0.15, -0.1) is 10.2 Å². The number of carbonyl (C=O) groups is 1. The van der Waals surface area contributed by atoms with Gasteiger partial charge in [-0.05, 0) is 54.3 Å². The summed E-state index contributed by atoms with van der Waals surface area (Å²) in [5, 5.41) is 12.1. The van der Waals surface area contributed by atoms with Gasteiger partial charge in [0, 0.05) is 23.8 Å². The Kier molecular flexibility index (Phi) is 4.77. The third-order valence-electron chi connectivity index (χ3n) is 4.75. The number of nitrogens with one attached hydrogen (secondary N) is 1. The fraction of sp³-hybridized carbons (Fsp3) is 0.190.